The van der Waals surface area contributed by atoms with Crippen LogP contribution in [-0.4, -0.2) is 32.9 Å². The van der Waals surface area contributed by atoms with Gasteiger partial charge in [-0.15, -0.1) is 0 Å². The average molecular weight is 325 g/mol. The molecular weight excluding hydrogens is 307 g/mol. The van der Waals surface area contributed by atoms with Crippen LogP contribution in [0.15, 0.2) is 17.0 Å². The van der Waals surface area contributed by atoms with Gasteiger partial charge in [0.05, 0.1) is 5.02 Å². The highest BCUT2D eigenvalue weighted by atomic mass is 35.5. The first-order valence-corrected chi connectivity index (χ1v) is 7.99. The molecule has 0 aliphatic heterocycles. The van der Waals surface area contributed by atoms with E-state index in [1.165, 1.54) is 20.2 Å². The largest absolute Gasteiger partial charge is 0.310 e. The molecule has 0 heterocycles. The van der Waals surface area contributed by atoms with Gasteiger partial charge in [0.1, 0.15) is 4.90 Å². The van der Waals surface area contributed by atoms with Crippen LogP contribution in [-0.2, 0) is 16.6 Å². The zero-order chi connectivity index (χ0) is 14.8. The van der Waals surface area contributed by atoms with Crippen LogP contribution < -0.4 is 5.32 Å². The third-order valence-corrected chi connectivity index (χ3v) is 5.15. The molecule has 0 fully saturated rings. The first-order chi connectivity index (χ1) is 8.66. The van der Waals surface area contributed by atoms with Gasteiger partial charge >= 0.3 is 0 Å². The van der Waals surface area contributed by atoms with Crippen molar-refractivity contribution >= 4 is 33.2 Å². The minimum Gasteiger partial charge on any atom is -0.310 e. The lowest BCUT2D eigenvalue weighted by Gasteiger charge is -2.16. The standard InChI is InChI=1S/C12H18Cl2N2O2S/c1-8(2)15-7-9-5-10(13)6-11(12(9)14)19(17,18)16(3)4/h5-6,8,15H,7H2,1-4H3. The van der Waals surface area contributed by atoms with Gasteiger partial charge in [-0.1, -0.05) is 37.0 Å². The highest BCUT2D eigenvalue weighted by Crippen LogP contribution is 2.30. The number of halogens is 2. The number of hydrogen-bond donors (Lipinski definition) is 1. The first-order valence-electron chi connectivity index (χ1n) is 5.80. The fraction of sp³-hybridized carbons (Fsp3) is 0.500. The molecule has 0 bridgehead atoms. The van der Waals surface area contributed by atoms with Crippen LogP contribution >= 0.6 is 23.2 Å². The number of rotatable bonds is 5. The summed E-state index contributed by atoms with van der Waals surface area (Å²) >= 11 is 12.2. The van der Waals surface area contributed by atoms with Gasteiger partial charge in [-0.05, 0) is 17.7 Å². The van der Waals surface area contributed by atoms with Crippen LogP contribution in [0.5, 0.6) is 0 Å². The summed E-state index contributed by atoms with van der Waals surface area (Å²) < 4.78 is 25.4. The Morgan fingerprint density at radius 2 is 1.84 bits per heavy atom. The van der Waals surface area contributed by atoms with Crippen LogP contribution in [0.4, 0.5) is 0 Å². The topological polar surface area (TPSA) is 49.4 Å². The molecule has 0 saturated carbocycles. The van der Waals surface area contributed by atoms with Gasteiger partial charge in [-0.2, -0.15) is 0 Å². The Labute approximate surface area is 124 Å². The minimum atomic E-state index is -3.60. The molecule has 0 aliphatic carbocycles. The molecule has 0 aliphatic rings. The van der Waals surface area contributed by atoms with Gasteiger partial charge in [-0.25, -0.2) is 12.7 Å². The summed E-state index contributed by atoms with van der Waals surface area (Å²) in [5.41, 5.74) is 0.670. The second-order valence-electron chi connectivity index (χ2n) is 4.70. The van der Waals surface area contributed by atoms with Crippen LogP contribution in [0.2, 0.25) is 10.0 Å². The summed E-state index contributed by atoms with van der Waals surface area (Å²) in [7, 11) is -0.688. The molecule has 0 radical (unpaired) electrons. The van der Waals surface area contributed by atoms with Crippen molar-refractivity contribution in [1.29, 1.82) is 0 Å². The van der Waals surface area contributed by atoms with Gasteiger partial charge in [0.25, 0.3) is 0 Å². The molecule has 1 rings (SSSR count). The van der Waals surface area contributed by atoms with Crippen molar-refractivity contribution in [2.75, 3.05) is 14.1 Å². The molecule has 0 amide bonds. The number of nitrogens with zero attached hydrogens (tertiary/aromatic N) is 1. The van der Waals surface area contributed by atoms with Crippen molar-refractivity contribution in [3.63, 3.8) is 0 Å². The maximum absolute atomic E-state index is 12.2. The molecule has 108 valence electrons. The molecule has 0 aromatic heterocycles. The highest BCUT2D eigenvalue weighted by Gasteiger charge is 2.23. The molecule has 0 saturated heterocycles. The van der Waals surface area contributed by atoms with Crippen molar-refractivity contribution in [2.24, 2.45) is 0 Å². The third kappa shape index (κ3) is 4.07. The normalized spacial score (nSPS) is 12.4. The van der Waals surface area contributed by atoms with E-state index in [4.69, 9.17) is 23.2 Å². The van der Waals surface area contributed by atoms with Crippen LogP contribution in [0, 0.1) is 0 Å². The minimum absolute atomic E-state index is 0.0345. The molecule has 1 aromatic rings. The van der Waals surface area contributed by atoms with Crippen LogP contribution in [0.3, 0.4) is 0 Å². The predicted molar refractivity (Wildman–Crippen MR) is 79.3 cm³/mol. The molecule has 7 heteroatoms. The molecule has 1 aromatic carbocycles. The molecule has 0 spiro atoms. The SMILES string of the molecule is CC(C)NCc1cc(Cl)cc(S(=O)(=O)N(C)C)c1Cl. The monoisotopic (exact) mass is 324 g/mol. The second kappa shape index (κ2) is 6.41. The fourth-order valence-corrected chi connectivity index (χ4v) is 3.25. The lowest BCUT2D eigenvalue weighted by molar-refractivity contribution is 0.520. The van der Waals surface area contributed by atoms with Crippen molar-refractivity contribution in [2.45, 2.75) is 31.3 Å². The molecule has 0 unspecified atom stereocenters. The van der Waals surface area contributed by atoms with E-state index < -0.39 is 10.0 Å². The van der Waals surface area contributed by atoms with E-state index in [9.17, 15) is 8.42 Å². The number of sulfonamides is 1. The van der Waals surface area contributed by atoms with Gasteiger partial charge < -0.3 is 5.32 Å². The van der Waals surface area contributed by atoms with Crippen molar-refractivity contribution in [3.8, 4) is 0 Å². The van der Waals surface area contributed by atoms with Crippen molar-refractivity contribution in [1.82, 2.24) is 9.62 Å². The first kappa shape index (κ1) is 16.7. The average Bonchev–Trinajstić information content (AvgIpc) is 2.29. The van der Waals surface area contributed by atoms with E-state index in [1.54, 1.807) is 6.07 Å². The summed E-state index contributed by atoms with van der Waals surface area (Å²) in [6.45, 7) is 4.46. The Morgan fingerprint density at radius 3 is 2.32 bits per heavy atom. The van der Waals surface area contributed by atoms with Crippen molar-refractivity contribution in [3.05, 3.63) is 27.7 Å². The smallest absolute Gasteiger partial charge is 0.244 e. The Kier molecular flexibility index (Phi) is 5.65. The fourth-order valence-electron chi connectivity index (χ4n) is 1.45. The molecular formula is C12H18Cl2N2O2S. The maximum atomic E-state index is 12.2. The van der Waals surface area contributed by atoms with Gasteiger partial charge in [-0.3, -0.25) is 0 Å². The summed E-state index contributed by atoms with van der Waals surface area (Å²) in [4.78, 5) is 0.0345. The Balaban J connectivity index is 3.28. The molecule has 19 heavy (non-hydrogen) atoms. The summed E-state index contributed by atoms with van der Waals surface area (Å²) in [5.74, 6) is 0. The predicted octanol–water partition coefficient (Wildman–Crippen LogP) is 2.74. The lowest BCUT2D eigenvalue weighted by atomic mass is 10.2. The van der Waals surface area contributed by atoms with E-state index >= 15 is 0 Å². The van der Waals surface area contributed by atoms with Gasteiger partial charge in [0.15, 0.2) is 0 Å². The Hall–Kier alpha value is -0.330. The number of hydrogen-bond acceptors (Lipinski definition) is 3. The number of benzene rings is 1. The van der Waals surface area contributed by atoms with Gasteiger partial charge in [0, 0.05) is 31.7 Å². The van der Waals surface area contributed by atoms with E-state index in [2.05, 4.69) is 5.32 Å². The molecule has 1 N–H and O–H groups in total. The van der Waals surface area contributed by atoms with E-state index in [0.717, 1.165) is 4.31 Å². The highest BCUT2D eigenvalue weighted by molar-refractivity contribution is 7.89. The summed E-state index contributed by atoms with van der Waals surface area (Å²) in [6.07, 6.45) is 0. The molecule has 4 nitrogen and oxygen atoms in total. The van der Waals surface area contributed by atoms with E-state index in [-0.39, 0.29) is 16.0 Å². The zero-order valence-corrected chi connectivity index (χ0v) is 13.7. The lowest BCUT2D eigenvalue weighted by Crippen LogP contribution is -2.24. The Morgan fingerprint density at radius 1 is 1.26 bits per heavy atom. The second-order valence-corrected chi connectivity index (χ2v) is 7.63. The van der Waals surface area contributed by atoms with E-state index in [1.807, 2.05) is 13.8 Å². The maximum Gasteiger partial charge on any atom is 0.244 e. The third-order valence-electron chi connectivity index (χ3n) is 2.54. The summed E-state index contributed by atoms with van der Waals surface area (Å²) in [6, 6.07) is 3.32. The molecule has 0 atom stereocenters. The quantitative estimate of drug-likeness (QED) is 0.906. The number of nitrogens with one attached hydrogen (secondary N) is 1. The van der Waals surface area contributed by atoms with Crippen LogP contribution in [0.1, 0.15) is 19.4 Å². The van der Waals surface area contributed by atoms with Crippen molar-refractivity contribution < 1.29 is 8.42 Å². The van der Waals surface area contributed by atoms with Crippen LogP contribution in [0.25, 0.3) is 0 Å². The van der Waals surface area contributed by atoms with E-state index in [0.29, 0.717) is 17.1 Å². The van der Waals surface area contributed by atoms with Gasteiger partial charge in [0.2, 0.25) is 10.0 Å². The zero-order valence-electron chi connectivity index (χ0n) is 11.4. The summed E-state index contributed by atoms with van der Waals surface area (Å²) in [5, 5.41) is 3.75. The Bertz CT molecular complexity index is 557.